The predicted molar refractivity (Wildman–Crippen MR) is 74.4 cm³/mol. The van der Waals surface area contributed by atoms with Gasteiger partial charge in [-0.3, -0.25) is 0 Å². The van der Waals surface area contributed by atoms with Gasteiger partial charge in [-0.25, -0.2) is 4.39 Å². The topological polar surface area (TPSA) is 12.0 Å². The van der Waals surface area contributed by atoms with E-state index in [-0.39, 0.29) is 17.5 Å². The van der Waals surface area contributed by atoms with Crippen molar-refractivity contribution in [2.45, 2.75) is 51.2 Å². The van der Waals surface area contributed by atoms with Crippen molar-refractivity contribution in [1.29, 1.82) is 0 Å². The molecule has 0 amide bonds. The smallest absolute Gasteiger partial charge is 0.310 e. The second kappa shape index (κ2) is 6.77. The first-order valence-corrected chi connectivity index (χ1v) is 7.54. The van der Waals surface area contributed by atoms with Gasteiger partial charge in [-0.2, -0.15) is 13.2 Å². The molecule has 21 heavy (non-hydrogen) atoms. The van der Waals surface area contributed by atoms with Crippen molar-refractivity contribution in [3.63, 3.8) is 0 Å². The van der Waals surface area contributed by atoms with Crippen LogP contribution >= 0.6 is 0 Å². The third kappa shape index (κ3) is 3.76. The molecule has 1 aromatic carbocycles. The minimum Gasteiger partial charge on any atom is -0.310 e. The number of hydrogen-bond acceptors (Lipinski definition) is 1. The lowest BCUT2D eigenvalue weighted by atomic mass is 9.90. The van der Waals surface area contributed by atoms with E-state index in [4.69, 9.17) is 0 Å². The Hall–Kier alpha value is -1.10. The highest BCUT2D eigenvalue weighted by Crippen LogP contribution is 2.39. The van der Waals surface area contributed by atoms with Crippen molar-refractivity contribution in [2.24, 2.45) is 5.92 Å². The maximum atomic E-state index is 14.3. The van der Waals surface area contributed by atoms with E-state index >= 15 is 0 Å². The Morgan fingerprint density at radius 1 is 1.24 bits per heavy atom. The Morgan fingerprint density at radius 3 is 2.48 bits per heavy atom. The van der Waals surface area contributed by atoms with Crippen LogP contribution in [-0.2, 0) is 6.18 Å². The van der Waals surface area contributed by atoms with Gasteiger partial charge in [0.1, 0.15) is 5.82 Å². The van der Waals surface area contributed by atoms with Crippen LogP contribution in [0, 0.1) is 11.7 Å². The van der Waals surface area contributed by atoms with E-state index in [2.05, 4.69) is 5.32 Å². The van der Waals surface area contributed by atoms with Gasteiger partial charge in [0.2, 0.25) is 0 Å². The first-order chi connectivity index (χ1) is 9.95. The lowest BCUT2D eigenvalue weighted by Crippen LogP contribution is -2.29. The van der Waals surface area contributed by atoms with Gasteiger partial charge >= 0.3 is 6.18 Å². The molecule has 1 saturated carbocycles. The molecule has 1 N–H and O–H groups in total. The van der Waals surface area contributed by atoms with Crippen molar-refractivity contribution >= 4 is 0 Å². The minimum absolute atomic E-state index is 0.158. The Labute approximate surface area is 122 Å². The zero-order chi connectivity index (χ0) is 15.5. The summed E-state index contributed by atoms with van der Waals surface area (Å²) in [4.78, 5) is 0. The molecule has 5 heteroatoms. The van der Waals surface area contributed by atoms with Crippen molar-refractivity contribution in [2.75, 3.05) is 6.54 Å². The molecule has 118 valence electrons. The summed E-state index contributed by atoms with van der Waals surface area (Å²) < 4.78 is 52.9. The summed E-state index contributed by atoms with van der Waals surface area (Å²) in [5.74, 6) is -0.903. The largest absolute Gasteiger partial charge is 0.419 e. The molecule has 0 aromatic heterocycles. The van der Waals surface area contributed by atoms with Gasteiger partial charge in [-0.15, -0.1) is 0 Å². The molecule has 2 rings (SSSR count). The third-order valence-corrected chi connectivity index (χ3v) is 4.15. The fourth-order valence-electron chi connectivity index (χ4n) is 3.13. The van der Waals surface area contributed by atoms with E-state index in [0.29, 0.717) is 6.54 Å². The molecule has 1 aliphatic carbocycles. The normalized spacial score (nSPS) is 18.1. The number of halogens is 4. The van der Waals surface area contributed by atoms with Gasteiger partial charge in [0, 0.05) is 11.6 Å². The first-order valence-electron chi connectivity index (χ1n) is 7.54. The molecule has 0 bridgehead atoms. The van der Waals surface area contributed by atoms with Crippen molar-refractivity contribution in [3.8, 4) is 0 Å². The van der Waals surface area contributed by atoms with Gasteiger partial charge < -0.3 is 5.32 Å². The van der Waals surface area contributed by atoms with E-state index in [1.54, 1.807) is 0 Å². The molecular formula is C16H21F4N. The second-order valence-electron chi connectivity index (χ2n) is 5.68. The zero-order valence-electron chi connectivity index (χ0n) is 12.1. The Bertz CT molecular complexity index is 464. The van der Waals surface area contributed by atoms with Crippen LogP contribution in [0.1, 0.15) is 56.2 Å². The summed E-state index contributed by atoms with van der Waals surface area (Å²) in [5.41, 5.74) is -1.01. The van der Waals surface area contributed by atoms with E-state index in [1.165, 1.54) is 12.1 Å². The van der Waals surface area contributed by atoms with Crippen molar-refractivity contribution in [1.82, 2.24) is 5.32 Å². The predicted octanol–water partition coefficient (Wildman–Crippen LogP) is 5.08. The molecule has 1 aliphatic rings. The van der Waals surface area contributed by atoms with Crippen molar-refractivity contribution in [3.05, 3.63) is 35.1 Å². The molecule has 1 atom stereocenters. The van der Waals surface area contributed by atoms with Crippen LogP contribution in [0.5, 0.6) is 0 Å². The van der Waals surface area contributed by atoms with E-state index in [0.717, 1.165) is 38.2 Å². The van der Waals surface area contributed by atoms with Crippen LogP contribution in [0.15, 0.2) is 18.2 Å². The standard InChI is InChI=1S/C16H21F4N/c1-2-10-21-15(11-6-3-4-7-11)12-8-5-9-13(14(12)17)16(18,19)20/h5,8-9,11,15,21H,2-4,6-7,10H2,1H3. The molecule has 1 nitrogen and oxygen atoms in total. The summed E-state index contributed by atoms with van der Waals surface area (Å²) >= 11 is 0. The lowest BCUT2D eigenvalue weighted by Gasteiger charge is -2.26. The maximum absolute atomic E-state index is 14.3. The zero-order valence-corrected chi connectivity index (χ0v) is 12.1. The Morgan fingerprint density at radius 2 is 1.90 bits per heavy atom. The fraction of sp³-hybridized carbons (Fsp3) is 0.625. The van der Waals surface area contributed by atoms with Crippen LogP contribution in [0.3, 0.4) is 0 Å². The molecule has 1 unspecified atom stereocenters. The molecule has 0 aliphatic heterocycles. The molecule has 1 aromatic rings. The van der Waals surface area contributed by atoms with Crippen LogP contribution in [0.2, 0.25) is 0 Å². The van der Waals surface area contributed by atoms with E-state index in [1.807, 2.05) is 6.92 Å². The minimum atomic E-state index is -4.65. The summed E-state index contributed by atoms with van der Waals surface area (Å²) in [5, 5.41) is 3.24. The van der Waals surface area contributed by atoms with Crippen LogP contribution in [0.4, 0.5) is 17.6 Å². The monoisotopic (exact) mass is 303 g/mol. The van der Waals surface area contributed by atoms with Gasteiger partial charge in [-0.05, 0) is 37.8 Å². The Kier molecular flexibility index (Phi) is 5.25. The second-order valence-corrected chi connectivity index (χ2v) is 5.68. The third-order valence-electron chi connectivity index (χ3n) is 4.15. The van der Waals surface area contributed by atoms with E-state index < -0.39 is 17.6 Å². The van der Waals surface area contributed by atoms with Crippen LogP contribution in [-0.4, -0.2) is 6.54 Å². The molecule has 0 radical (unpaired) electrons. The van der Waals surface area contributed by atoms with Gasteiger partial charge in [0.15, 0.2) is 0 Å². The van der Waals surface area contributed by atoms with Gasteiger partial charge in [-0.1, -0.05) is 31.9 Å². The average Bonchev–Trinajstić information content (AvgIpc) is 2.93. The quantitative estimate of drug-likeness (QED) is 0.748. The first kappa shape index (κ1) is 16.3. The number of rotatable bonds is 5. The molecule has 0 spiro atoms. The molecule has 0 heterocycles. The number of hydrogen-bond donors (Lipinski definition) is 1. The van der Waals surface area contributed by atoms with Crippen molar-refractivity contribution < 1.29 is 17.6 Å². The summed E-state index contributed by atoms with van der Waals surface area (Å²) in [6, 6.07) is 3.27. The maximum Gasteiger partial charge on any atom is 0.419 e. The molecule has 0 saturated heterocycles. The number of alkyl halides is 3. The summed E-state index contributed by atoms with van der Waals surface area (Å²) in [7, 11) is 0. The highest BCUT2D eigenvalue weighted by atomic mass is 19.4. The van der Waals surface area contributed by atoms with Crippen LogP contribution < -0.4 is 5.32 Å². The Balaban J connectivity index is 2.35. The highest BCUT2D eigenvalue weighted by Gasteiger charge is 2.37. The van der Waals surface area contributed by atoms with E-state index in [9.17, 15) is 17.6 Å². The highest BCUT2D eigenvalue weighted by molar-refractivity contribution is 5.31. The number of benzene rings is 1. The lowest BCUT2D eigenvalue weighted by molar-refractivity contribution is -0.140. The average molecular weight is 303 g/mol. The van der Waals surface area contributed by atoms with Gasteiger partial charge in [0.05, 0.1) is 5.56 Å². The number of nitrogens with one attached hydrogen (secondary N) is 1. The fourth-order valence-corrected chi connectivity index (χ4v) is 3.13. The summed E-state index contributed by atoms with van der Waals surface area (Å²) in [6.07, 6.45) is 0.230. The SMILES string of the molecule is CCCNC(c1cccc(C(F)(F)F)c1F)C1CCCC1. The van der Waals surface area contributed by atoms with Crippen LogP contribution in [0.25, 0.3) is 0 Å². The summed E-state index contributed by atoms with van der Waals surface area (Å²) in [6.45, 7) is 2.66. The van der Waals surface area contributed by atoms with Gasteiger partial charge in [0.25, 0.3) is 0 Å². The molecule has 1 fully saturated rings. The molecular weight excluding hydrogens is 282 g/mol.